The second-order valence-electron chi connectivity index (χ2n) is 4.32. The maximum Gasteiger partial charge on any atom is 0.128 e. The van der Waals surface area contributed by atoms with Crippen molar-refractivity contribution >= 4 is 5.84 Å². The number of hydrogen-bond donors (Lipinski definition) is 1. The normalized spacial score (nSPS) is 14.9. The molecule has 3 heteroatoms. The zero-order valence-electron chi connectivity index (χ0n) is 10.7. The molecule has 0 unspecified atom stereocenters. The zero-order valence-corrected chi connectivity index (χ0v) is 10.7. The van der Waals surface area contributed by atoms with Crippen LogP contribution in [0.1, 0.15) is 25.0 Å². The van der Waals surface area contributed by atoms with E-state index in [2.05, 4.69) is 53.3 Å². The standard InChI is InChI=1S/C14H21N3/c1-3-17(4-2)11-12-5-7-13(8-6-12)14-15-9-10-16-14/h5-8H,3-4,9-11H2,1-2H3,(H,15,16). The average molecular weight is 231 g/mol. The summed E-state index contributed by atoms with van der Waals surface area (Å²) < 4.78 is 0. The number of rotatable bonds is 5. The molecule has 0 fully saturated rings. The summed E-state index contributed by atoms with van der Waals surface area (Å²) in [5.74, 6) is 1.04. The quantitative estimate of drug-likeness (QED) is 0.838. The lowest BCUT2D eigenvalue weighted by Gasteiger charge is -2.18. The lowest BCUT2D eigenvalue weighted by Crippen LogP contribution is -2.22. The predicted octanol–water partition coefficient (Wildman–Crippen LogP) is 1.88. The van der Waals surface area contributed by atoms with Gasteiger partial charge in [0.1, 0.15) is 5.84 Å². The minimum atomic E-state index is 0.899. The van der Waals surface area contributed by atoms with Crippen molar-refractivity contribution in [3.63, 3.8) is 0 Å². The average Bonchev–Trinajstić information content (AvgIpc) is 2.90. The van der Waals surface area contributed by atoms with Gasteiger partial charge in [-0.2, -0.15) is 0 Å². The van der Waals surface area contributed by atoms with Gasteiger partial charge >= 0.3 is 0 Å². The van der Waals surface area contributed by atoms with E-state index in [9.17, 15) is 0 Å². The van der Waals surface area contributed by atoms with Gasteiger partial charge in [0, 0.05) is 18.7 Å². The van der Waals surface area contributed by atoms with Crippen molar-refractivity contribution in [2.45, 2.75) is 20.4 Å². The van der Waals surface area contributed by atoms with Crippen molar-refractivity contribution in [3.05, 3.63) is 35.4 Å². The summed E-state index contributed by atoms with van der Waals surface area (Å²) in [6.45, 7) is 9.52. The Kier molecular flexibility index (Phi) is 4.15. The van der Waals surface area contributed by atoms with Crippen LogP contribution in [0.5, 0.6) is 0 Å². The summed E-state index contributed by atoms with van der Waals surface area (Å²) in [6.07, 6.45) is 0. The van der Waals surface area contributed by atoms with Crippen molar-refractivity contribution < 1.29 is 0 Å². The van der Waals surface area contributed by atoms with Crippen LogP contribution >= 0.6 is 0 Å². The summed E-state index contributed by atoms with van der Waals surface area (Å²) >= 11 is 0. The summed E-state index contributed by atoms with van der Waals surface area (Å²) in [5.41, 5.74) is 2.57. The van der Waals surface area contributed by atoms with Gasteiger partial charge in [-0.05, 0) is 18.7 Å². The molecule has 0 radical (unpaired) electrons. The highest BCUT2D eigenvalue weighted by Crippen LogP contribution is 2.09. The molecule has 0 saturated heterocycles. The number of hydrogen-bond acceptors (Lipinski definition) is 3. The highest BCUT2D eigenvalue weighted by Gasteiger charge is 2.07. The molecule has 2 rings (SSSR count). The predicted molar refractivity (Wildman–Crippen MR) is 72.5 cm³/mol. The maximum absolute atomic E-state index is 4.42. The van der Waals surface area contributed by atoms with Crippen molar-refractivity contribution in [3.8, 4) is 0 Å². The summed E-state index contributed by atoms with van der Waals surface area (Å²) in [5, 5.41) is 3.30. The van der Waals surface area contributed by atoms with Gasteiger partial charge < -0.3 is 5.32 Å². The van der Waals surface area contributed by atoms with E-state index in [4.69, 9.17) is 0 Å². The number of benzene rings is 1. The van der Waals surface area contributed by atoms with Crippen molar-refractivity contribution in [1.82, 2.24) is 10.2 Å². The van der Waals surface area contributed by atoms with Crippen LogP contribution in [-0.4, -0.2) is 36.9 Å². The van der Waals surface area contributed by atoms with E-state index in [1.807, 2.05) is 0 Å². The Hall–Kier alpha value is -1.35. The zero-order chi connectivity index (χ0) is 12.1. The first kappa shape index (κ1) is 12.1. The van der Waals surface area contributed by atoms with E-state index in [0.29, 0.717) is 0 Å². The molecule has 1 aliphatic heterocycles. The monoisotopic (exact) mass is 231 g/mol. The van der Waals surface area contributed by atoms with Gasteiger partial charge in [0.2, 0.25) is 0 Å². The van der Waals surface area contributed by atoms with Gasteiger partial charge in [0.15, 0.2) is 0 Å². The minimum Gasteiger partial charge on any atom is -0.368 e. The molecular formula is C14H21N3. The topological polar surface area (TPSA) is 27.6 Å². The van der Waals surface area contributed by atoms with Crippen molar-refractivity contribution in [2.24, 2.45) is 4.99 Å². The van der Waals surface area contributed by atoms with Gasteiger partial charge in [0.25, 0.3) is 0 Å². The maximum atomic E-state index is 4.42. The van der Waals surface area contributed by atoms with Gasteiger partial charge in [0.05, 0.1) is 6.54 Å². The fourth-order valence-corrected chi connectivity index (χ4v) is 2.06. The molecular weight excluding hydrogens is 210 g/mol. The first-order valence-corrected chi connectivity index (χ1v) is 6.43. The van der Waals surface area contributed by atoms with E-state index >= 15 is 0 Å². The first-order valence-electron chi connectivity index (χ1n) is 6.43. The van der Waals surface area contributed by atoms with Crippen LogP contribution in [0, 0.1) is 0 Å². The molecule has 0 spiro atoms. The van der Waals surface area contributed by atoms with Crippen LogP contribution < -0.4 is 5.32 Å². The molecule has 0 atom stereocenters. The lowest BCUT2D eigenvalue weighted by molar-refractivity contribution is 0.296. The van der Waals surface area contributed by atoms with Crippen LogP contribution in [0.2, 0.25) is 0 Å². The van der Waals surface area contributed by atoms with Crippen LogP contribution in [0.4, 0.5) is 0 Å². The number of nitrogens with zero attached hydrogens (tertiary/aromatic N) is 2. The van der Waals surface area contributed by atoms with E-state index in [0.717, 1.165) is 38.6 Å². The summed E-state index contributed by atoms with van der Waals surface area (Å²) in [7, 11) is 0. The third-order valence-corrected chi connectivity index (χ3v) is 3.20. The van der Waals surface area contributed by atoms with Crippen LogP contribution in [0.15, 0.2) is 29.3 Å². The second-order valence-corrected chi connectivity index (χ2v) is 4.32. The molecule has 1 N–H and O–H groups in total. The second kappa shape index (κ2) is 5.82. The molecule has 3 nitrogen and oxygen atoms in total. The molecule has 92 valence electrons. The molecule has 1 aromatic rings. The number of amidine groups is 1. The molecule has 1 heterocycles. The Labute approximate surface area is 104 Å². The van der Waals surface area contributed by atoms with Crippen molar-refractivity contribution in [2.75, 3.05) is 26.2 Å². The third-order valence-electron chi connectivity index (χ3n) is 3.20. The van der Waals surface area contributed by atoms with E-state index in [1.165, 1.54) is 11.1 Å². The molecule has 1 aromatic carbocycles. The van der Waals surface area contributed by atoms with Crippen LogP contribution in [-0.2, 0) is 6.54 Å². The molecule has 0 saturated carbocycles. The molecule has 0 aliphatic carbocycles. The molecule has 0 amide bonds. The van der Waals surface area contributed by atoms with E-state index in [-0.39, 0.29) is 0 Å². The van der Waals surface area contributed by atoms with E-state index in [1.54, 1.807) is 0 Å². The lowest BCUT2D eigenvalue weighted by atomic mass is 10.1. The molecule has 0 bridgehead atoms. The Morgan fingerprint density at radius 2 is 1.88 bits per heavy atom. The highest BCUT2D eigenvalue weighted by molar-refractivity contribution is 5.99. The fourth-order valence-electron chi connectivity index (χ4n) is 2.06. The number of nitrogens with one attached hydrogen (secondary N) is 1. The summed E-state index contributed by atoms with van der Waals surface area (Å²) in [4.78, 5) is 6.84. The van der Waals surface area contributed by atoms with Crippen LogP contribution in [0.25, 0.3) is 0 Å². The Balaban J connectivity index is 2.02. The van der Waals surface area contributed by atoms with Gasteiger partial charge in [-0.25, -0.2) is 0 Å². The van der Waals surface area contributed by atoms with Crippen molar-refractivity contribution in [1.29, 1.82) is 0 Å². The Morgan fingerprint density at radius 3 is 2.41 bits per heavy atom. The SMILES string of the molecule is CCN(CC)Cc1ccc(C2=NCCN2)cc1. The molecule has 0 aromatic heterocycles. The minimum absolute atomic E-state index is 0.899. The Bertz CT molecular complexity index is 377. The van der Waals surface area contributed by atoms with Crippen LogP contribution in [0.3, 0.4) is 0 Å². The van der Waals surface area contributed by atoms with E-state index < -0.39 is 0 Å². The molecule has 17 heavy (non-hydrogen) atoms. The molecule has 1 aliphatic rings. The number of aliphatic imine (C=N–C) groups is 1. The van der Waals surface area contributed by atoms with Gasteiger partial charge in [-0.1, -0.05) is 38.1 Å². The smallest absolute Gasteiger partial charge is 0.128 e. The highest BCUT2D eigenvalue weighted by atomic mass is 15.1. The Morgan fingerprint density at radius 1 is 1.18 bits per heavy atom. The van der Waals surface area contributed by atoms with Gasteiger partial charge in [-0.3, -0.25) is 9.89 Å². The largest absolute Gasteiger partial charge is 0.368 e. The third kappa shape index (κ3) is 3.07. The summed E-state index contributed by atoms with van der Waals surface area (Å²) in [6, 6.07) is 8.73. The fraction of sp³-hybridized carbons (Fsp3) is 0.500. The first-order chi connectivity index (χ1) is 8.33. The van der Waals surface area contributed by atoms with Gasteiger partial charge in [-0.15, -0.1) is 0 Å².